The van der Waals surface area contributed by atoms with Gasteiger partial charge in [-0.25, -0.2) is 0 Å². The number of aliphatic hydroxyl groups excluding tert-OH is 1. The number of fused-ring (bicyclic) bond motifs is 1. The van der Waals surface area contributed by atoms with Crippen LogP contribution in [0.15, 0.2) is 30.5 Å². The van der Waals surface area contributed by atoms with Crippen molar-refractivity contribution in [3.05, 3.63) is 30.5 Å². The monoisotopic (exact) mass is 261 g/mol. The summed E-state index contributed by atoms with van der Waals surface area (Å²) in [5.74, 6) is -0.0860. The highest BCUT2D eigenvalue weighted by Gasteiger charge is 2.07. The van der Waals surface area contributed by atoms with Gasteiger partial charge in [0.05, 0.1) is 17.8 Å². The summed E-state index contributed by atoms with van der Waals surface area (Å²) in [6, 6.07) is 7.78. The van der Waals surface area contributed by atoms with Gasteiger partial charge in [0.2, 0.25) is 5.91 Å². The zero-order chi connectivity index (χ0) is 13.7. The minimum atomic E-state index is -0.342. The van der Waals surface area contributed by atoms with Crippen molar-refractivity contribution in [3.63, 3.8) is 0 Å². The molecule has 0 aliphatic rings. The summed E-state index contributed by atoms with van der Waals surface area (Å²) in [5, 5.41) is 17.4. The highest BCUT2D eigenvalue weighted by molar-refractivity contribution is 5.81. The van der Waals surface area contributed by atoms with E-state index in [0.717, 1.165) is 10.9 Å². The molecule has 19 heavy (non-hydrogen) atoms. The molecule has 102 valence electrons. The first-order valence-electron chi connectivity index (χ1n) is 6.56. The fourth-order valence-corrected chi connectivity index (χ4v) is 1.93. The van der Waals surface area contributed by atoms with Crippen LogP contribution in [-0.4, -0.2) is 33.4 Å². The maximum absolute atomic E-state index is 11.8. The van der Waals surface area contributed by atoms with Crippen molar-refractivity contribution in [2.24, 2.45) is 0 Å². The molecule has 0 saturated heterocycles. The Kier molecular flexibility index (Phi) is 4.52. The third-order valence-electron chi connectivity index (χ3n) is 3.12. The van der Waals surface area contributed by atoms with E-state index in [-0.39, 0.29) is 18.6 Å². The lowest BCUT2D eigenvalue weighted by molar-refractivity contribution is -0.121. The predicted octanol–water partition coefficient (Wildman–Crippen LogP) is 1.31. The molecule has 0 saturated carbocycles. The van der Waals surface area contributed by atoms with Gasteiger partial charge in [-0.1, -0.05) is 25.1 Å². The van der Waals surface area contributed by atoms with Crippen LogP contribution < -0.4 is 5.32 Å². The molecule has 2 rings (SSSR count). The average molecular weight is 261 g/mol. The van der Waals surface area contributed by atoms with E-state index in [4.69, 9.17) is 0 Å². The minimum Gasteiger partial charge on any atom is -0.393 e. The molecule has 0 radical (unpaired) electrons. The number of nitrogens with zero attached hydrogens (tertiary/aromatic N) is 2. The first-order chi connectivity index (χ1) is 9.20. The molecule has 2 aromatic rings. The van der Waals surface area contributed by atoms with Crippen LogP contribution in [0.4, 0.5) is 0 Å². The lowest BCUT2D eigenvalue weighted by Gasteiger charge is -2.09. The number of hydrogen-bond donors (Lipinski definition) is 2. The number of amides is 1. The van der Waals surface area contributed by atoms with Crippen molar-refractivity contribution in [1.82, 2.24) is 15.1 Å². The highest BCUT2D eigenvalue weighted by atomic mass is 16.3. The third-order valence-corrected chi connectivity index (χ3v) is 3.12. The molecule has 0 spiro atoms. The lowest BCUT2D eigenvalue weighted by atomic mass is 10.2. The van der Waals surface area contributed by atoms with E-state index in [2.05, 4.69) is 10.4 Å². The molecule has 0 fully saturated rings. The zero-order valence-corrected chi connectivity index (χ0v) is 11.0. The number of para-hydroxylation sites is 1. The minimum absolute atomic E-state index is 0.0860. The van der Waals surface area contributed by atoms with E-state index in [1.807, 2.05) is 31.2 Å². The predicted molar refractivity (Wildman–Crippen MR) is 73.7 cm³/mol. The Morgan fingerprint density at radius 2 is 2.26 bits per heavy atom. The Morgan fingerprint density at radius 3 is 3.05 bits per heavy atom. The molecule has 1 heterocycles. The molecular weight excluding hydrogens is 242 g/mol. The van der Waals surface area contributed by atoms with E-state index >= 15 is 0 Å². The van der Waals surface area contributed by atoms with Gasteiger partial charge in [-0.15, -0.1) is 0 Å². The van der Waals surface area contributed by atoms with Crippen molar-refractivity contribution in [3.8, 4) is 0 Å². The quantitative estimate of drug-likeness (QED) is 0.824. The van der Waals surface area contributed by atoms with Crippen LogP contribution in [0.5, 0.6) is 0 Å². The largest absolute Gasteiger partial charge is 0.393 e. The van der Waals surface area contributed by atoms with E-state index in [1.165, 1.54) is 0 Å². The first kappa shape index (κ1) is 13.5. The van der Waals surface area contributed by atoms with Crippen molar-refractivity contribution in [2.45, 2.75) is 32.4 Å². The van der Waals surface area contributed by atoms with Crippen molar-refractivity contribution in [1.29, 1.82) is 0 Å². The summed E-state index contributed by atoms with van der Waals surface area (Å²) in [5.41, 5.74) is 0.950. The van der Waals surface area contributed by atoms with Gasteiger partial charge in [-0.05, 0) is 18.9 Å². The molecule has 0 aliphatic carbocycles. The maximum Gasteiger partial charge on any atom is 0.241 e. The number of aliphatic hydroxyl groups is 1. The lowest BCUT2D eigenvalue weighted by Crippen LogP contribution is -2.30. The second kappa shape index (κ2) is 6.33. The molecular formula is C14H19N3O2. The summed E-state index contributed by atoms with van der Waals surface area (Å²) in [7, 11) is 0. The first-order valence-corrected chi connectivity index (χ1v) is 6.56. The Hall–Kier alpha value is -1.88. The normalized spacial score (nSPS) is 12.5. The fourth-order valence-electron chi connectivity index (χ4n) is 1.93. The molecule has 1 atom stereocenters. The number of rotatable bonds is 6. The standard InChI is InChI=1S/C14H19N3O2/c1-2-12(18)7-8-15-14(19)10-17-13-6-4-3-5-11(13)9-16-17/h3-6,9,12,18H,2,7-8,10H2,1H3,(H,15,19). The number of nitrogens with one attached hydrogen (secondary N) is 1. The van der Waals surface area contributed by atoms with Gasteiger partial charge in [0.1, 0.15) is 6.54 Å². The molecule has 0 bridgehead atoms. The average Bonchev–Trinajstić information content (AvgIpc) is 2.82. The summed E-state index contributed by atoms with van der Waals surface area (Å²) >= 11 is 0. The molecule has 1 unspecified atom stereocenters. The summed E-state index contributed by atoms with van der Waals surface area (Å²) in [4.78, 5) is 11.8. The van der Waals surface area contributed by atoms with E-state index in [1.54, 1.807) is 10.9 Å². The topological polar surface area (TPSA) is 67.2 Å². The van der Waals surface area contributed by atoms with Crippen LogP contribution in [-0.2, 0) is 11.3 Å². The van der Waals surface area contributed by atoms with E-state index in [9.17, 15) is 9.90 Å². The molecule has 1 aromatic carbocycles. The van der Waals surface area contributed by atoms with Crippen LogP contribution in [0.2, 0.25) is 0 Å². The summed E-state index contributed by atoms with van der Waals surface area (Å²) in [6.45, 7) is 2.62. The van der Waals surface area contributed by atoms with Crippen LogP contribution >= 0.6 is 0 Å². The van der Waals surface area contributed by atoms with Gasteiger partial charge in [-0.2, -0.15) is 5.10 Å². The summed E-state index contributed by atoms with van der Waals surface area (Å²) in [6.07, 6.45) is 2.71. The van der Waals surface area contributed by atoms with Crippen LogP contribution in [0.25, 0.3) is 10.9 Å². The van der Waals surface area contributed by atoms with Crippen molar-refractivity contribution >= 4 is 16.8 Å². The number of benzene rings is 1. The van der Waals surface area contributed by atoms with E-state index in [0.29, 0.717) is 19.4 Å². The molecule has 5 heteroatoms. The van der Waals surface area contributed by atoms with Gasteiger partial charge in [-0.3, -0.25) is 9.48 Å². The zero-order valence-electron chi connectivity index (χ0n) is 11.0. The maximum atomic E-state index is 11.8. The molecule has 1 aromatic heterocycles. The van der Waals surface area contributed by atoms with Gasteiger partial charge >= 0.3 is 0 Å². The Morgan fingerprint density at radius 1 is 1.47 bits per heavy atom. The van der Waals surface area contributed by atoms with Crippen LogP contribution in [0.1, 0.15) is 19.8 Å². The van der Waals surface area contributed by atoms with Crippen molar-refractivity contribution < 1.29 is 9.90 Å². The second-order valence-electron chi connectivity index (χ2n) is 4.56. The highest BCUT2D eigenvalue weighted by Crippen LogP contribution is 2.12. The van der Waals surface area contributed by atoms with Crippen molar-refractivity contribution in [2.75, 3.05) is 6.54 Å². The van der Waals surface area contributed by atoms with Gasteiger partial charge in [0.15, 0.2) is 0 Å². The van der Waals surface area contributed by atoms with E-state index < -0.39 is 0 Å². The smallest absolute Gasteiger partial charge is 0.241 e. The Bertz CT molecular complexity index is 550. The molecule has 2 N–H and O–H groups in total. The number of carbonyl (C=O) groups is 1. The van der Waals surface area contributed by atoms with Gasteiger partial charge < -0.3 is 10.4 Å². The number of hydrogen-bond acceptors (Lipinski definition) is 3. The molecule has 5 nitrogen and oxygen atoms in total. The SMILES string of the molecule is CCC(O)CCNC(=O)Cn1ncc2ccccc21. The fraction of sp³-hybridized carbons (Fsp3) is 0.429. The Balaban J connectivity index is 1.88. The van der Waals surface area contributed by atoms with Gasteiger partial charge in [0, 0.05) is 11.9 Å². The third kappa shape index (κ3) is 3.54. The van der Waals surface area contributed by atoms with Crippen LogP contribution in [0.3, 0.4) is 0 Å². The van der Waals surface area contributed by atoms with Gasteiger partial charge in [0.25, 0.3) is 0 Å². The molecule has 1 amide bonds. The summed E-state index contributed by atoms with van der Waals surface area (Å²) < 4.78 is 1.68. The Labute approximate surface area is 112 Å². The second-order valence-corrected chi connectivity index (χ2v) is 4.56. The number of aromatic nitrogens is 2. The molecule has 0 aliphatic heterocycles. The van der Waals surface area contributed by atoms with Crippen LogP contribution in [0, 0.1) is 0 Å². The number of carbonyl (C=O) groups excluding carboxylic acids is 1.